The normalized spacial score (nSPS) is 30.5. The second-order valence-corrected chi connectivity index (χ2v) is 6.68. The van der Waals surface area contributed by atoms with Crippen molar-refractivity contribution in [3.8, 4) is 0 Å². The maximum absolute atomic E-state index is 11.8. The number of carboxylic acids is 1. The van der Waals surface area contributed by atoms with Gasteiger partial charge in [-0.15, -0.1) is 0 Å². The van der Waals surface area contributed by atoms with Crippen molar-refractivity contribution in [3.63, 3.8) is 0 Å². The van der Waals surface area contributed by atoms with E-state index in [2.05, 4.69) is 12.2 Å². The van der Waals surface area contributed by atoms with Crippen molar-refractivity contribution in [1.82, 2.24) is 5.32 Å². The van der Waals surface area contributed by atoms with Gasteiger partial charge in [0.05, 0.1) is 0 Å². The summed E-state index contributed by atoms with van der Waals surface area (Å²) in [5.74, 6) is -0.978. The van der Waals surface area contributed by atoms with Gasteiger partial charge in [0, 0.05) is 5.41 Å². The molecule has 0 aliphatic heterocycles. The average molecular weight is 289 g/mol. The number of alkyl carbamates (subject to hydrolysis) is 1. The van der Waals surface area contributed by atoms with Crippen LogP contribution in [0, 0.1) is 10.8 Å². The minimum atomic E-state index is -0.978. The molecule has 1 aromatic rings. The lowest BCUT2D eigenvalue weighted by Crippen LogP contribution is -2.70. The molecule has 21 heavy (non-hydrogen) atoms. The number of rotatable bonds is 5. The molecule has 0 heterocycles. The standard InChI is InChI=1S/C16H19NO4/c1-15-8-16(9-15,10-15)12(13(18)19)17-14(20)21-7-11-5-3-2-4-6-11/h2-6,12H,7-10H2,1H3,(H,17,20)(H,18,19)/t12-,15?,16?/m1/s1. The second kappa shape index (κ2) is 4.76. The number of hydrogen-bond donors (Lipinski definition) is 2. The summed E-state index contributed by atoms with van der Waals surface area (Å²) in [4.78, 5) is 23.2. The number of carbonyl (C=O) groups excluding carboxylic acids is 1. The zero-order valence-electron chi connectivity index (χ0n) is 12.0. The lowest BCUT2D eigenvalue weighted by atomic mass is 9.34. The van der Waals surface area contributed by atoms with Gasteiger partial charge < -0.3 is 15.2 Å². The number of benzene rings is 1. The predicted molar refractivity (Wildman–Crippen MR) is 75.6 cm³/mol. The monoisotopic (exact) mass is 289 g/mol. The van der Waals surface area contributed by atoms with E-state index in [-0.39, 0.29) is 12.0 Å². The van der Waals surface area contributed by atoms with E-state index in [0.29, 0.717) is 5.41 Å². The Morgan fingerprint density at radius 3 is 2.43 bits per heavy atom. The SMILES string of the molecule is CC12CC([C@H](NC(=O)OCc3ccccc3)C(=O)O)(C1)C2. The van der Waals surface area contributed by atoms with Gasteiger partial charge in [0.2, 0.25) is 0 Å². The van der Waals surface area contributed by atoms with E-state index in [4.69, 9.17) is 4.74 Å². The van der Waals surface area contributed by atoms with Crippen LogP contribution in [0.5, 0.6) is 0 Å². The third-order valence-electron chi connectivity index (χ3n) is 4.67. The third-order valence-corrected chi connectivity index (χ3v) is 4.67. The Bertz CT molecular complexity index is 549. The highest BCUT2D eigenvalue weighted by molar-refractivity contribution is 5.81. The highest BCUT2D eigenvalue weighted by Gasteiger charge is 2.69. The molecule has 112 valence electrons. The lowest BCUT2D eigenvalue weighted by molar-refractivity contribution is -0.214. The second-order valence-electron chi connectivity index (χ2n) is 6.68. The van der Waals surface area contributed by atoms with E-state index < -0.39 is 18.1 Å². The van der Waals surface area contributed by atoms with Gasteiger partial charge in [-0.25, -0.2) is 9.59 Å². The molecule has 1 amide bonds. The van der Waals surface area contributed by atoms with Gasteiger partial charge in [0.1, 0.15) is 12.6 Å². The van der Waals surface area contributed by atoms with Crippen LogP contribution < -0.4 is 5.32 Å². The molecular formula is C16H19NO4. The number of nitrogens with one attached hydrogen (secondary N) is 1. The molecule has 3 saturated carbocycles. The Morgan fingerprint density at radius 2 is 1.90 bits per heavy atom. The van der Waals surface area contributed by atoms with Crippen molar-refractivity contribution in [2.75, 3.05) is 0 Å². The molecular weight excluding hydrogens is 270 g/mol. The van der Waals surface area contributed by atoms with E-state index in [1.165, 1.54) is 0 Å². The van der Waals surface area contributed by atoms with E-state index in [1.807, 2.05) is 30.3 Å². The van der Waals surface area contributed by atoms with Gasteiger partial charge in [-0.1, -0.05) is 37.3 Å². The highest BCUT2D eigenvalue weighted by Crippen LogP contribution is 2.74. The van der Waals surface area contributed by atoms with Crippen LogP contribution in [-0.4, -0.2) is 23.2 Å². The molecule has 0 saturated heterocycles. The van der Waals surface area contributed by atoms with Gasteiger partial charge in [-0.3, -0.25) is 0 Å². The van der Waals surface area contributed by atoms with Gasteiger partial charge in [-0.05, 0) is 30.2 Å². The molecule has 3 fully saturated rings. The molecule has 5 nitrogen and oxygen atoms in total. The molecule has 4 rings (SSSR count). The van der Waals surface area contributed by atoms with Gasteiger partial charge >= 0.3 is 12.1 Å². The van der Waals surface area contributed by atoms with E-state index in [9.17, 15) is 14.7 Å². The smallest absolute Gasteiger partial charge is 0.408 e. The molecule has 0 spiro atoms. The van der Waals surface area contributed by atoms with Crippen LogP contribution in [0.3, 0.4) is 0 Å². The number of ether oxygens (including phenoxy) is 1. The van der Waals surface area contributed by atoms with Crippen LogP contribution in [0.25, 0.3) is 0 Å². The zero-order chi connectivity index (χ0) is 15.1. The van der Waals surface area contributed by atoms with Crippen molar-refractivity contribution in [2.45, 2.75) is 38.8 Å². The zero-order valence-corrected chi connectivity index (χ0v) is 12.0. The average Bonchev–Trinajstić information content (AvgIpc) is 2.39. The molecule has 0 aromatic heterocycles. The van der Waals surface area contributed by atoms with Crippen molar-refractivity contribution in [1.29, 1.82) is 0 Å². The van der Waals surface area contributed by atoms with Gasteiger partial charge in [0.25, 0.3) is 0 Å². The Balaban J connectivity index is 1.54. The van der Waals surface area contributed by atoms with Gasteiger partial charge in [0.15, 0.2) is 0 Å². The summed E-state index contributed by atoms with van der Waals surface area (Å²) in [7, 11) is 0. The first-order chi connectivity index (χ1) is 9.92. The van der Waals surface area contributed by atoms with Crippen molar-refractivity contribution >= 4 is 12.1 Å². The predicted octanol–water partition coefficient (Wildman–Crippen LogP) is 2.56. The maximum atomic E-state index is 11.8. The summed E-state index contributed by atoms with van der Waals surface area (Å²) < 4.78 is 5.10. The Morgan fingerprint density at radius 1 is 1.29 bits per heavy atom. The number of carbonyl (C=O) groups is 2. The summed E-state index contributed by atoms with van der Waals surface area (Å²) in [5, 5.41) is 11.9. The molecule has 3 aliphatic carbocycles. The Kier molecular flexibility index (Phi) is 3.15. The number of aliphatic carboxylic acids is 1. The summed E-state index contributed by atoms with van der Waals surface area (Å²) in [6, 6.07) is 8.46. The molecule has 1 atom stereocenters. The van der Waals surface area contributed by atoms with Crippen LogP contribution >= 0.6 is 0 Å². The molecule has 1 aromatic carbocycles. The summed E-state index contributed by atoms with van der Waals surface area (Å²) in [6.45, 7) is 2.30. The van der Waals surface area contributed by atoms with E-state index in [0.717, 1.165) is 24.8 Å². The fourth-order valence-corrected chi connectivity index (χ4v) is 4.06. The third kappa shape index (κ3) is 2.48. The quantitative estimate of drug-likeness (QED) is 0.873. The highest BCUT2D eigenvalue weighted by atomic mass is 16.5. The molecule has 2 bridgehead atoms. The van der Waals surface area contributed by atoms with E-state index >= 15 is 0 Å². The summed E-state index contributed by atoms with van der Waals surface area (Å²) >= 11 is 0. The largest absolute Gasteiger partial charge is 0.480 e. The molecule has 0 unspecified atom stereocenters. The summed E-state index contributed by atoms with van der Waals surface area (Å²) in [5.41, 5.74) is 0.910. The molecule has 3 aliphatic rings. The van der Waals surface area contributed by atoms with E-state index in [1.54, 1.807) is 0 Å². The lowest BCUT2D eigenvalue weighted by Gasteiger charge is -2.71. The topological polar surface area (TPSA) is 75.6 Å². The van der Waals surface area contributed by atoms with Crippen LogP contribution in [0.2, 0.25) is 0 Å². The van der Waals surface area contributed by atoms with Crippen molar-refractivity contribution in [2.24, 2.45) is 10.8 Å². The summed E-state index contributed by atoms with van der Waals surface area (Å²) in [6.07, 6.45) is 1.95. The fourth-order valence-electron chi connectivity index (χ4n) is 4.06. The number of hydrogen-bond acceptors (Lipinski definition) is 3. The van der Waals surface area contributed by atoms with Crippen LogP contribution in [0.4, 0.5) is 4.79 Å². The minimum Gasteiger partial charge on any atom is -0.480 e. The fraction of sp³-hybridized carbons (Fsp3) is 0.500. The Labute approximate surface area is 123 Å². The Hall–Kier alpha value is -2.04. The van der Waals surface area contributed by atoms with Crippen LogP contribution in [0.15, 0.2) is 30.3 Å². The molecule has 0 radical (unpaired) electrons. The molecule has 2 N–H and O–H groups in total. The maximum Gasteiger partial charge on any atom is 0.408 e. The van der Waals surface area contributed by atoms with Crippen molar-refractivity contribution < 1.29 is 19.4 Å². The van der Waals surface area contributed by atoms with Crippen LogP contribution in [-0.2, 0) is 16.1 Å². The minimum absolute atomic E-state index is 0.143. The first-order valence-corrected chi connectivity index (χ1v) is 7.13. The first kappa shape index (κ1) is 13.9. The number of carboxylic acid groups (broad SMARTS) is 1. The van der Waals surface area contributed by atoms with Crippen molar-refractivity contribution in [3.05, 3.63) is 35.9 Å². The van der Waals surface area contributed by atoms with Crippen LogP contribution in [0.1, 0.15) is 31.7 Å². The van der Waals surface area contributed by atoms with Gasteiger partial charge in [-0.2, -0.15) is 0 Å². The molecule has 5 heteroatoms. The number of amides is 1. The first-order valence-electron chi connectivity index (χ1n) is 7.13.